The molecule has 6 heteroatoms. The van der Waals surface area contributed by atoms with E-state index < -0.39 is 0 Å². The molecule has 1 aliphatic carbocycles. The predicted molar refractivity (Wildman–Crippen MR) is 80.0 cm³/mol. The van der Waals surface area contributed by atoms with Crippen molar-refractivity contribution in [3.8, 4) is 0 Å². The first-order valence-electron chi connectivity index (χ1n) is 5.99. The summed E-state index contributed by atoms with van der Waals surface area (Å²) in [5, 5.41) is 12.7. The molecule has 0 radical (unpaired) electrons. The van der Waals surface area contributed by atoms with E-state index in [4.69, 9.17) is 0 Å². The third kappa shape index (κ3) is 3.56. The Bertz CT molecular complexity index is 416. The predicted octanol–water partition coefficient (Wildman–Crippen LogP) is 3.55. The molecular formula is C12H15Br2NO2S. The van der Waals surface area contributed by atoms with Gasteiger partial charge in [0.05, 0.1) is 14.8 Å². The summed E-state index contributed by atoms with van der Waals surface area (Å²) in [6.07, 6.45) is 3.83. The fourth-order valence-corrected chi connectivity index (χ4v) is 4.15. The second-order valence-electron chi connectivity index (χ2n) is 4.55. The first-order chi connectivity index (χ1) is 8.58. The molecular weight excluding hydrogens is 382 g/mol. The van der Waals surface area contributed by atoms with E-state index in [0.29, 0.717) is 11.4 Å². The van der Waals surface area contributed by atoms with Gasteiger partial charge in [-0.3, -0.25) is 4.79 Å². The van der Waals surface area contributed by atoms with E-state index in [1.54, 1.807) is 6.07 Å². The summed E-state index contributed by atoms with van der Waals surface area (Å²) in [4.78, 5) is 12.6. The van der Waals surface area contributed by atoms with Gasteiger partial charge in [0.1, 0.15) is 0 Å². The molecule has 1 saturated carbocycles. The number of nitrogens with one attached hydrogen (secondary N) is 1. The van der Waals surface area contributed by atoms with Gasteiger partial charge in [-0.2, -0.15) is 0 Å². The highest BCUT2D eigenvalue weighted by Crippen LogP contribution is 2.32. The van der Waals surface area contributed by atoms with Gasteiger partial charge in [0.2, 0.25) is 0 Å². The molecule has 0 aliphatic heterocycles. The lowest BCUT2D eigenvalue weighted by Crippen LogP contribution is -2.36. The Morgan fingerprint density at radius 1 is 1.44 bits per heavy atom. The summed E-state index contributed by atoms with van der Waals surface area (Å²) in [5.41, 5.74) is 0. The summed E-state index contributed by atoms with van der Waals surface area (Å²) in [6, 6.07) is 1.81. The van der Waals surface area contributed by atoms with Crippen LogP contribution in [0, 0.1) is 5.92 Å². The molecule has 2 rings (SSSR count). The third-order valence-corrected chi connectivity index (χ3v) is 6.52. The van der Waals surface area contributed by atoms with Gasteiger partial charge in [-0.15, -0.1) is 11.3 Å². The first-order valence-corrected chi connectivity index (χ1v) is 8.39. The molecule has 1 heterocycles. The summed E-state index contributed by atoms with van der Waals surface area (Å²) in [7, 11) is 0. The van der Waals surface area contributed by atoms with Crippen molar-refractivity contribution in [3.63, 3.8) is 0 Å². The number of carbonyl (C=O) groups is 1. The Morgan fingerprint density at radius 3 is 2.78 bits per heavy atom. The van der Waals surface area contributed by atoms with Gasteiger partial charge in [0, 0.05) is 16.9 Å². The monoisotopic (exact) mass is 395 g/mol. The van der Waals surface area contributed by atoms with Crippen LogP contribution in [-0.2, 0) is 0 Å². The van der Waals surface area contributed by atoms with Gasteiger partial charge in [-0.25, -0.2) is 0 Å². The van der Waals surface area contributed by atoms with E-state index in [9.17, 15) is 9.90 Å². The van der Waals surface area contributed by atoms with E-state index in [-0.39, 0.29) is 17.9 Å². The second-order valence-corrected chi connectivity index (χ2v) is 7.78. The molecule has 0 aromatic carbocycles. The normalized spacial score (nSPS) is 23.9. The number of halogens is 2. The van der Waals surface area contributed by atoms with Gasteiger partial charge in [0.15, 0.2) is 0 Å². The maximum absolute atomic E-state index is 11.9. The summed E-state index contributed by atoms with van der Waals surface area (Å²) in [5.74, 6) is 0.138. The van der Waals surface area contributed by atoms with Gasteiger partial charge in [-0.05, 0) is 50.8 Å². The highest BCUT2D eigenvalue weighted by Gasteiger charge is 2.23. The molecule has 0 spiro atoms. The van der Waals surface area contributed by atoms with Crippen LogP contribution in [0.3, 0.4) is 0 Å². The number of carbonyl (C=O) groups excluding carboxylic acids is 1. The Kier molecular flexibility index (Phi) is 5.24. The van der Waals surface area contributed by atoms with Crippen molar-refractivity contribution in [1.29, 1.82) is 0 Å². The number of rotatable bonds is 3. The topological polar surface area (TPSA) is 49.3 Å². The van der Waals surface area contributed by atoms with Crippen LogP contribution in [-0.4, -0.2) is 23.7 Å². The number of hydrogen-bond donors (Lipinski definition) is 2. The number of hydrogen-bond acceptors (Lipinski definition) is 3. The van der Waals surface area contributed by atoms with Crippen LogP contribution in [0.25, 0.3) is 0 Å². The minimum Gasteiger partial charge on any atom is -0.393 e. The lowest BCUT2D eigenvalue weighted by atomic mass is 9.86. The molecule has 1 aromatic heterocycles. The fourth-order valence-electron chi connectivity index (χ4n) is 2.20. The molecule has 1 amide bonds. The molecule has 100 valence electrons. The Labute approximate surface area is 127 Å². The quantitative estimate of drug-likeness (QED) is 0.820. The van der Waals surface area contributed by atoms with Gasteiger partial charge >= 0.3 is 0 Å². The van der Waals surface area contributed by atoms with E-state index in [0.717, 1.165) is 33.9 Å². The zero-order chi connectivity index (χ0) is 13.1. The summed E-state index contributed by atoms with van der Waals surface area (Å²) in [6.45, 7) is 0.563. The van der Waals surface area contributed by atoms with Crippen molar-refractivity contribution in [3.05, 3.63) is 19.2 Å². The molecule has 1 fully saturated rings. The molecule has 0 bridgehead atoms. The standard InChI is InChI=1S/C12H15Br2NO2S/c13-8-5-10(18-11(8)14)12(17)15-6-7-3-1-2-4-9(7)16/h5,7,9,16H,1-4,6H2,(H,15,17). The van der Waals surface area contributed by atoms with Crippen LogP contribution < -0.4 is 5.32 Å². The number of thiophene rings is 1. The number of amides is 1. The molecule has 2 unspecified atom stereocenters. The minimum absolute atomic E-state index is 0.0656. The van der Waals surface area contributed by atoms with Crippen LogP contribution in [0.1, 0.15) is 35.4 Å². The average Bonchev–Trinajstić information content (AvgIpc) is 2.68. The third-order valence-electron chi connectivity index (χ3n) is 3.26. The molecule has 1 aliphatic rings. The number of aliphatic hydroxyl groups excluding tert-OH is 1. The first kappa shape index (κ1) is 14.5. The largest absolute Gasteiger partial charge is 0.393 e. The SMILES string of the molecule is O=C(NCC1CCCCC1O)c1cc(Br)c(Br)s1. The highest BCUT2D eigenvalue weighted by molar-refractivity contribution is 9.13. The number of aliphatic hydroxyl groups is 1. The van der Waals surface area contributed by atoms with Crippen molar-refractivity contribution < 1.29 is 9.90 Å². The van der Waals surface area contributed by atoms with Gasteiger partial charge < -0.3 is 10.4 Å². The Hall–Kier alpha value is 0.0900. The van der Waals surface area contributed by atoms with Crippen molar-refractivity contribution in [2.24, 2.45) is 5.92 Å². The Balaban J connectivity index is 1.88. The molecule has 0 saturated heterocycles. The zero-order valence-electron chi connectivity index (χ0n) is 9.79. The minimum atomic E-state index is -0.263. The van der Waals surface area contributed by atoms with Gasteiger partial charge in [0.25, 0.3) is 5.91 Å². The average molecular weight is 397 g/mol. The smallest absolute Gasteiger partial charge is 0.261 e. The maximum Gasteiger partial charge on any atom is 0.261 e. The molecule has 2 N–H and O–H groups in total. The fraction of sp³-hybridized carbons (Fsp3) is 0.583. The second kappa shape index (κ2) is 6.50. The van der Waals surface area contributed by atoms with Crippen molar-refractivity contribution >= 4 is 49.1 Å². The van der Waals surface area contributed by atoms with Crippen LogP contribution in [0.15, 0.2) is 14.3 Å². The van der Waals surface area contributed by atoms with Gasteiger partial charge in [-0.1, -0.05) is 12.8 Å². The lowest BCUT2D eigenvalue weighted by molar-refractivity contribution is 0.0664. The molecule has 3 nitrogen and oxygen atoms in total. The molecule has 18 heavy (non-hydrogen) atoms. The summed E-state index contributed by atoms with van der Waals surface area (Å²) < 4.78 is 1.82. The van der Waals surface area contributed by atoms with Crippen LogP contribution in [0.2, 0.25) is 0 Å². The van der Waals surface area contributed by atoms with Crippen LogP contribution in [0.5, 0.6) is 0 Å². The Morgan fingerprint density at radius 2 is 2.17 bits per heavy atom. The van der Waals surface area contributed by atoms with Crippen molar-refractivity contribution in [2.75, 3.05) is 6.54 Å². The maximum atomic E-state index is 11.9. The van der Waals surface area contributed by atoms with Crippen LogP contribution >= 0.6 is 43.2 Å². The van der Waals surface area contributed by atoms with E-state index >= 15 is 0 Å². The van der Waals surface area contributed by atoms with E-state index in [2.05, 4.69) is 37.2 Å². The lowest BCUT2D eigenvalue weighted by Gasteiger charge is -2.27. The van der Waals surface area contributed by atoms with Crippen LogP contribution in [0.4, 0.5) is 0 Å². The summed E-state index contributed by atoms with van der Waals surface area (Å²) >= 11 is 8.14. The van der Waals surface area contributed by atoms with E-state index in [1.165, 1.54) is 11.3 Å². The van der Waals surface area contributed by atoms with Crippen molar-refractivity contribution in [2.45, 2.75) is 31.8 Å². The van der Waals surface area contributed by atoms with Crippen molar-refractivity contribution in [1.82, 2.24) is 5.32 Å². The molecule has 2 atom stereocenters. The zero-order valence-corrected chi connectivity index (χ0v) is 13.8. The highest BCUT2D eigenvalue weighted by atomic mass is 79.9. The van der Waals surface area contributed by atoms with E-state index in [1.807, 2.05) is 0 Å². The molecule has 1 aromatic rings.